The molecule has 0 aliphatic carbocycles. The average molecular weight is 159 g/mol. The topological polar surface area (TPSA) is 26.3 Å². The van der Waals surface area contributed by atoms with E-state index in [1.165, 1.54) is 0 Å². The fourth-order valence-electron chi connectivity index (χ4n) is 0.382. The fourth-order valence-corrected chi connectivity index (χ4v) is 0.479. The summed E-state index contributed by atoms with van der Waals surface area (Å²) < 4.78 is 4.83. The Morgan fingerprint density at radius 2 is 2.00 bits per heavy atom. The molecule has 0 N–H and O–H groups in total. The molecule has 1 unspecified atom stereocenters. The van der Waals surface area contributed by atoms with Crippen molar-refractivity contribution in [2.75, 3.05) is 0 Å². The molecule has 1 atom stereocenters. The molecule has 0 aliphatic rings. The molecule has 10 heavy (non-hydrogen) atoms. The molecule has 0 amide bonds. The first-order chi connectivity index (χ1) is 4.57. The summed E-state index contributed by atoms with van der Waals surface area (Å²) in [5.74, 6) is -0.692. The van der Waals surface area contributed by atoms with Crippen molar-refractivity contribution in [3.05, 3.63) is 0 Å². The molecule has 3 heteroatoms. The van der Waals surface area contributed by atoms with Gasteiger partial charge in [-0.1, -0.05) is 12.2 Å². The molecule has 0 aromatic heterocycles. The zero-order valence-electron chi connectivity index (χ0n) is 6.38. The molecule has 0 aromatic rings. The van der Waals surface area contributed by atoms with Crippen LogP contribution in [-0.2, 0) is 9.53 Å². The minimum atomic E-state index is -0.391. The number of hydrogen-bond acceptors (Lipinski definition) is 3. The lowest BCUT2D eigenvalue weighted by atomic mass is 10.2. The fraction of sp³-hybridized carbons (Fsp3) is 0.714. The van der Waals surface area contributed by atoms with Gasteiger partial charge in [0.1, 0.15) is 0 Å². The molecule has 0 heterocycles. The van der Waals surface area contributed by atoms with Crippen LogP contribution >= 0.6 is 12.2 Å². The zero-order chi connectivity index (χ0) is 8.15. The highest BCUT2D eigenvalue weighted by Crippen LogP contribution is 1.98. The van der Waals surface area contributed by atoms with Gasteiger partial charge in [-0.05, 0) is 20.8 Å². The van der Waals surface area contributed by atoms with Crippen molar-refractivity contribution in [1.82, 2.24) is 0 Å². The Hall–Kier alpha value is -0.440. The third kappa shape index (κ3) is 3.56. The van der Waals surface area contributed by atoms with E-state index < -0.39 is 5.92 Å². The van der Waals surface area contributed by atoms with E-state index in [9.17, 15) is 4.79 Å². The van der Waals surface area contributed by atoms with Gasteiger partial charge in [0.05, 0.1) is 12.0 Å². The van der Waals surface area contributed by atoms with Crippen molar-refractivity contribution >= 4 is 23.6 Å². The van der Waals surface area contributed by atoms with Gasteiger partial charge in [0, 0.05) is 5.37 Å². The number of thiocarbonyl (C=S) groups is 1. The van der Waals surface area contributed by atoms with E-state index in [0.29, 0.717) is 0 Å². The SMILES string of the molecule is CC(C)OC(=O)C(C)[C]=S. The number of esters is 1. The second kappa shape index (κ2) is 4.39. The van der Waals surface area contributed by atoms with E-state index in [2.05, 4.69) is 17.6 Å². The Kier molecular flexibility index (Phi) is 4.19. The molecule has 0 aliphatic heterocycles. The first kappa shape index (κ1) is 9.56. The standard InChI is InChI=1S/C7H11O2S/c1-5(2)9-7(8)6(3)4-10/h5-6H,1-3H3. The third-order valence-corrected chi connectivity index (χ3v) is 1.24. The molecule has 0 rings (SSSR count). The van der Waals surface area contributed by atoms with Crippen LogP contribution in [0.5, 0.6) is 0 Å². The van der Waals surface area contributed by atoms with Crippen LogP contribution in [0.2, 0.25) is 0 Å². The molecule has 1 radical (unpaired) electrons. The first-order valence-electron chi connectivity index (χ1n) is 3.16. The van der Waals surface area contributed by atoms with E-state index in [-0.39, 0.29) is 12.1 Å². The second-order valence-electron chi connectivity index (χ2n) is 2.33. The molecule has 0 spiro atoms. The maximum Gasteiger partial charge on any atom is 0.314 e. The van der Waals surface area contributed by atoms with E-state index in [4.69, 9.17) is 4.74 Å². The number of carbonyl (C=O) groups excluding carboxylic acids is 1. The van der Waals surface area contributed by atoms with Gasteiger partial charge < -0.3 is 4.74 Å². The smallest absolute Gasteiger partial charge is 0.314 e. The molecule has 0 saturated carbocycles. The Morgan fingerprint density at radius 1 is 1.50 bits per heavy atom. The first-order valence-corrected chi connectivity index (χ1v) is 3.57. The second-order valence-corrected chi connectivity index (χ2v) is 2.56. The van der Waals surface area contributed by atoms with Crippen molar-refractivity contribution in [2.24, 2.45) is 5.92 Å². The largest absolute Gasteiger partial charge is 0.462 e. The summed E-state index contributed by atoms with van der Waals surface area (Å²) >= 11 is 4.45. The monoisotopic (exact) mass is 159 g/mol. The summed E-state index contributed by atoms with van der Waals surface area (Å²) in [6.07, 6.45) is -0.0710. The highest BCUT2D eigenvalue weighted by atomic mass is 32.1. The van der Waals surface area contributed by atoms with Crippen LogP contribution in [0, 0.1) is 5.92 Å². The van der Waals surface area contributed by atoms with Crippen molar-refractivity contribution in [1.29, 1.82) is 0 Å². The van der Waals surface area contributed by atoms with Crippen LogP contribution in [0.3, 0.4) is 0 Å². The lowest BCUT2D eigenvalue weighted by molar-refractivity contribution is -0.149. The van der Waals surface area contributed by atoms with Crippen LogP contribution in [0.1, 0.15) is 20.8 Å². The minimum Gasteiger partial charge on any atom is -0.462 e. The highest BCUT2D eigenvalue weighted by molar-refractivity contribution is 7.79. The van der Waals surface area contributed by atoms with Gasteiger partial charge in [0.2, 0.25) is 0 Å². The Morgan fingerprint density at radius 3 is 2.30 bits per heavy atom. The summed E-state index contributed by atoms with van der Waals surface area (Å²) in [4.78, 5) is 10.8. The maximum atomic E-state index is 10.8. The van der Waals surface area contributed by atoms with Crippen LogP contribution < -0.4 is 0 Å². The summed E-state index contributed by atoms with van der Waals surface area (Å²) in [5.41, 5.74) is 0. The molecule has 0 bridgehead atoms. The molecular weight excluding hydrogens is 148 g/mol. The van der Waals surface area contributed by atoms with E-state index >= 15 is 0 Å². The van der Waals surface area contributed by atoms with Crippen LogP contribution in [0.25, 0.3) is 0 Å². The predicted octanol–water partition coefficient (Wildman–Crippen LogP) is 1.45. The molecular formula is C7H11O2S. The molecule has 0 fully saturated rings. The van der Waals surface area contributed by atoms with E-state index in [0.717, 1.165) is 0 Å². The van der Waals surface area contributed by atoms with Gasteiger partial charge in [-0.2, -0.15) is 0 Å². The average Bonchev–Trinajstić information content (AvgIpc) is 1.85. The van der Waals surface area contributed by atoms with Gasteiger partial charge in [-0.3, -0.25) is 4.79 Å². The Balaban J connectivity index is 3.73. The maximum absolute atomic E-state index is 10.8. The normalized spacial score (nSPS) is 12.8. The van der Waals surface area contributed by atoms with Gasteiger partial charge in [0.25, 0.3) is 0 Å². The Bertz CT molecular complexity index is 132. The highest BCUT2D eigenvalue weighted by Gasteiger charge is 2.12. The van der Waals surface area contributed by atoms with Gasteiger partial charge in [0.15, 0.2) is 0 Å². The van der Waals surface area contributed by atoms with E-state index in [1.54, 1.807) is 20.8 Å². The number of hydrogen-bond donors (Lipinski definition) is 0. The van der Waals surface area contributed by atoms with Crippen molar-refractivity contribution in [2.45, 2.75) is 26.9 Å². The number of ether oxygens (including phenoxy) is 1. The van der Waals surface area contributed by atoms with Crippen LogP contribution in [-0.4, -0.2) is 17.4 Å². The summed E-state index contributed by atoms with van der Waals surface area (Å²) in [6.45, 7) is 5.26. The van der Waals surface area contributed by atoms with Gasteiger partial charge in [-0.15, -0.1) is 0 Å². The molecule has 0 aromatic carbocycles. The minimum absolute atomic E-state index is 0.0710. The zero-order valence-corrected chi connectivity index (χ0v) is 7.20. The quantitative estimate of drug-likeness (QED) is 0.460. The third-order valence-electron chi connectivity index (χ3n) is 0.882. The van der Waals surface area contributed by atoms with Crippen molar-refractivity contribution in [3.8, 4) is 0 Å². The summed E-state index contributed by atoms with van der Waals surface area (Å²) in [6, 6.07) is 0. The summed E-state index contributed by atoms with van der Waals surface area (Å²) in [7, 11) is 0. The molecule has 2 nitrogen and oxygen atoms in total. The van der Waals surface area contributed by atoms with E-state index in [1.807, 2.05) is 0 Å². The predicted molar refractivity (Wildman–Crippen MR) is 43.0 cm³/mol. The van der Waals surface area contributed by atoms with Crippen LogP contribution in [0.15, 0.2) is 0 Å². The molecule has 0 saturated heterocycles. The van der Waals surface area contributed by atoms with Gasteiger partial charge >= 0.3 is 5.97 Å². The Labute approximate surface area is 66.6 Å². The summed E-state index contributed by atoms with van der Waals surface area (Å²) in [5, 5.41) is 2.38. The number of carbonyl (C=O) groups is 1. The van der Waals surface area contributed by atoms with Crippen LogP contribution in [0.4, 0.5) is 0 Å². The lowest BCUT2D eigenvalue weighted by Gasteiger charge is -2.08. The number of rotatable bonds is 3. The van der Waals surface area contributed by atoms with Crippen molar-refractivity contribution < 1.29 is 9.53 Å². The lowest BCUT2D eigenvalue weighted by Crippen LogP contribution is -2.19. The molecule has 57 valence electrons. The van der Waals surface area contributed by atoms with Gasteiger partial charge in [-0.25, -0.2) is 0 Å². The van der Waals surface area contributed by atoms with Crippen molar-refractivity contribution in [3.63, 3.8) is 0 Å².